The highest BCUT2D eigenvalue weighted by Crippen LogP contribution is 2.16. The Balaban J connectivity index is 2.45. The Morgan fingerprint density at radius 1 is 1.27 bits per heavy atom. The molecule has 0 fully saturated rings. The first-order chi connectivity index (χ1) is 10.3. The van der Waals surface area contributed by atoms with Crippen LogP contribution in [0.4, 0.5) is 8.78 Å². The molecule has 1 unspecified atom stereocenters. The molecule has 0 heterocycles. The molecule has 122 valence electrons. The number of carboxylic acid groups (broad SMARTS) is 1. The quantitative estimate of drug-likeness (QED) is 0.800. The number of amides is 1. The van der Waals surface area contributed by atoms with E-state index in [1.807, 2.05) is 0 Å². The number of ether oxygens (including phenoxy) is 1. The number of carbonyl (C=O) groups excluding carboxylic acids is 1. The molecule has 0 aliphatic carbocycles. The fourth-order valence-corrected chi connectivity index (χ4v) is 1.87. The van der Waals surface area contributed by atoms with Crippen LogP contribution >= 0.6 is 0 Å². The lowest BCUT2D eigenvalue weighted by atomic mass is 10.1. The second kappa shape index (κ2) is 8.31. The maximum absolute atomic E-state index is 12.0. The third-order valence-electron chi connectivity index (χ3n) is 3.17. The normalized spacial score (nSPS) is 12.0. The van der Waals surface area contributed by atoms with Crippen LogP contribution in [0.15, 0.2) is 24.3 Å². The summed E-state index contributed by atoms with van der Waals surface area (Å²) >= 11 is 0. The fourth-order valence-electron chi connectivity index (χ4n) is 1.87. The first-order valence-corrected chi connectivity index (χ1v) is 6.80. The summed E-state index contributed by atoms with van der Waals surface area (Å²) in [6.07, 6.45) is 0.664. The Hall–Kier alpha value is -2.18. The smallest absolute Gasteiger partial charge is 0.387 e. The second-order valence-electron chi connectivity index (χ2n) is 5.04. The number of hydrogen-bond acceptors (Lipinski definition) is 3. The molecule has 1 aromatic rings. The van der Waals surface area contributed by atoms with E-state index in [9.17, 15) is 18.4 Å². The molecule has 7 heteroatoms. The van der Waals surface area contributed by atoms with Crippen LogP contribution in [0.5, 0.6) is 5.75 Å². The largest absolute Gasteiger partial charge is 0.481 e. The zero-order chi connectivity index (χ0) is 16.7. The van der Waals surface area contributed by atoms with Crippen LogP contribution in [-0.2, 0) is 16.0 Å². The topological polar surface area (TPSA) is 66.8 Å². The van der Waals surface area contributed by atoms with Gasteiger partial charge in [-0.1, -0.05) is 19.1 Å². The van der Waals surface area contributed by atoms with Gasteiger partial charge in [0.2, 0.25) is 5.91 Å². The molecule has 0 radical (unpaired) electrons. The number of aryl methyl sites for hydroxylation is 1. The van der Waals surface area contributed by atoms with Gasteiger partial charge in [-0.25, -0.2) is 0 Å². The van der Waals surface area contributed by atoms with Crippen molar-refractivity contribution in [2.75, 3.05) is 13.6 Å². The lowest BCUT2D eigenvalue weighted by Crippen LogP contribution is -2.33. The minimum atomic E-state index is -2.86. The van der Waals surface area contributed by atoms with Gasteiger partial charge in [-0.2, -0.15) is 8.78 Å². The lowest BCUT2D eigenvalue weighted by Gasteiger charge is -2.19. The molecular weight excluding hydrogens is 296 g/mol. The van der Waals surface area contributed by atoms with Gasteiger partial charge in [0.1, 0.15) is 5.75 Å². The summed E-state index contributed by atoms with van der Waals surface area (Å²) in [5.74, 6) is -1.67. The number of carbonyl (C=O) groups is 2. The summed E-state index contributed by atoms with van der Waals surface area (Å²) in [7, 11) is 1.56. The van der Waals surface area contributed by atoms with Crippen LogP contribution < -0.4 is 4.74 Å². The molecule has 1 rings (SSSR count). The van der Waals surface area contributed by atoms with E-state index in [0.29, 0.717) is 6.42 Å². The maximum Gasteiger partial charge on any atom is 0.387 e. The Morgan fingerprint density at radius 2 is 1.86 bits per heavy atom. The van der Waals surface area contributed by atoms with Crippen LogP contribution in [0.2, 0.25) is 0 Å². The summed E-state index contributed by atoms with van der Waals surface area (Å²) in [6, 6.07) is 6.07. The molecule has 0 spiro atoms. The van der Waals surface area contributed by atoms with E-state index in [-0.39, 0.29) is 24.6 Å². The average molecular weight is 315 g/mol. The number of carboxylic acids is 1. The lowest BCUT2D eigenvalue weighted by molar-refractivity contribution is -0.142. The highest BCUT2D eigenvalue weighted by Gasteiger charge is 2.17. The van der Waals surface area contributed by atoms with E-state index in [4.69, 9.17) is 5.11 Å². The summed E-state index contributed by atoms with van der Waals surface area (Å²) in [5.41, 5.74) is 0.814. The number of hydrogen-bond donors (Lipinski definition) is 1. The zero-order valence-corrected chi connectivity index (χ0v) is 12.5. The Labute approximate surface area is 127 Å². The molecule has 0 aromatic heterocycles. The molecule has 1 atom stereocenters. The van der Waals surface area contributed by atoms with E-state index in [1.165, 1.54) is 24.0 Å². The predicted molar refractivity (Wildman–Crippen MR) is 75.8 cm³/mol. The molecule has 1 aromatic carbocycles. The summed E-state index contributed by atoms with van der Waals surface area (Å²) in [4.78, 5) is 24.0. The van der Waals surface area contributed by atoms with E-state index < -0.39 is 18.5 Å². The zero-order valence-electron chi connectivity index (χ0n) is 12.5. The van der Waals surface area contributed by atoms with Crippen LogP contribution in [0.25, 0.3) is 0 Å². The van der Waals surface area contributed by atoms with E-state index in [0.717, 1.165) is 5.56 Å². The second-order valence-corrected chi connectivity index (χ2v) is 5.04. The van der Waals surface area contributed by atoms with E-state index in [2.05, 4.69) is 4.74 Å². The minimum Gasteiger partial charge on any atom is -0.481 e. The van der Waals surface area contributed by atoms with Crippen molar-refractivity contribution in [3.63, 3.8) is 0 Å². The van der Waals surface area contributed by atoms with Crippen molar-refractivity contribution >= 4 is 11.9 Å². The van der Waals surface area contributed by atoms with Gasteiger partial charge in [-0.15, -0.1) is 0 Å². The molecule has 0 aliphatic rings. The van der Waals surface area contributed by atoms with E-state index in [1.54, 1.807) is 19.2 Å². The van der Waals surface area contributed by atoms with Crippen molar-refractivity contribution in [1.29, 1.82) is 0 Å². The Kier molecular flexibility index (Phi) is 6.75. The summed E-state index contributed by atoms with van der Waals surface area (Å²) < 4.78 is 28.3. The maximum atomic E-state index is 12.0. The first kappa shape index (κ1) is 17.9. The van der Waals surface area contributed by atoms with Gasteiger partial charge in [-0.05, 0) is 24.1 Å². The fraction of sp³-hybridized carbons (Fsp3) is 0.467. The summed E-state index contributed by atoms with van der Waals surface area (Å²) in [5, 5.41) is 8.81. The summed E-state index contributed by atoms with van der Waals surface area (Å²) in [6.45, 7) is -1.18. The molecule has 0 saturated carbocycles. The molecule has 0 aliphatic heterocycles. The first-order valence-electron chi connectivity index (χ1n) is 6.80. The van der Waals surface area contributed by atoms with Gasteiger partial charge in [0, 0.05) is 20.0 Å². The van der Waals surface area contributed by atoms with Gasteiger partial charge in [0.25, 0.3) is 0 Å². The monoisotopic (exact) mass is 315 g/mol. The van der Waals surface area contributed by atoms with Gasteiger partial charge < -0.3 is 14.7 Å². The average Bonchev–Trinajstić information content (AvgIpc) is 2.45. The van der Waals surface area contributed by atoms with Crippen LogP contribution in [-0.4, -0.2) is 42.1 Å². The molecule has 1 N–H and O–H groups in total. The highest BCUT2D eigenvalue weighted by atomic mass is 19.3. The van der Waals surface area contributed by atoms with E-state index >= 15 is 0 Å². The van der Waals surface area contributed by atoms with Gasteiger partial charge in [-0.3, -0.25) is 9.59 Å². The number of aliphatic carboxylic acids is 1. The number of halogens is 2. The van der Waals surface area contributed by atoms with Crippen LogP contribution in [0, 0.1) is 5.92 Å². The van der Waals surface area contributed by atoms with Crippen molar-refractivity contribution < 1.29 is 28.2 Å². The molecule has 1 amide bonds. The minimum absolute atomic E-state index is 0.0671. The Bertz CT molecular complexity index is 505. The highest BCUT2D eigenvalue weighted by molar-refractivity contribution is 5.77. The van der Waals surface area contributed by atoms with Crippen molar-refractivity contribution in [3.8, 4) is 5.75 Å². The van der Waals surface area contributed by atoms with Gasteiger partial charge in [0.05, 0.1) is 5.92 Å². The predicted octanol–water partition coefficient (Wildman–Crippen LogP) is 2.40. The number of nitrogens with zero attached hydrogens (tertiary/aromatic N) is 1. The van der Waals surface area contributed by atoms with Crippen LogP contribution in [0.1, 0.15) is 18.9 Å². The molecule has 0 bridgehead atoms. The van der Waals surface area contributed by atoms with Gasteiger partial charge in [0.15, 0.2) is 0 Å². The van der Waals surface area contributed by atoms with Crippen molar-refractivity contribution in [3.05, 3.63) is 29.8 Å². The molecule has 5 nitrogen and oxygen atoms in total. The van der Waals surface area contributed by atoms with Gasteiger partial charge >= 0.3 is 12.6 Å². The molecule has 22 heavy (non-hydrogen) atoms. The Morgan fingerprint density at radius 3 is 2.36 bits per heavy atom. The number of rotatable bonds is 8. The SMILES string of the molecule is CC(CN(C)C(=O)CCc1ccc(OC(F)F)cc1)C(=O)O. The number of benzene rings is 1. The third kappa shape index (κ3) is 6.07. The third-order valence-corrected chi connectivity index (χ3v) is 3.17. The van der Waals surface area contributed by atoms with Crippen molar-refractivity contribution in [2.24, 2.45) is 5.92 Å². The van der Waals surface area contributed by atoms with Crippen molar-refractivity contribution in [2.45, 2.75) is 26.4 Å². The number of alkyl halides is 2. The standard InChI is InChI=1S/C15H19F2NO4/c1-10(14(20)21)9-18(2)13(19)8-5-11-3-6-12(7-4-11)22-15(16)17/h3-4,6-7,10,15H,5,8-9H2,1-2H3,(H,20,21). The molecule has 0 saturated heterocycles. The van der Waals surface area contributed by atoms with Crippen molar-refractivity contribution in [1.82, 2.24) is 4.90 Å². The molecular formula is C15H19F2NO4. The van der Waals surface area contributed by atoms with Crippen LogP contribution in [0.3, 0.4) is 0 Å².